The van der Waals surface area contributed by atoms with Crippen molar-refractivity contribution in [3.63, 3.8) is 0 Å². The third kappa shape index (κ3) is 3.62. The molecular formula is C17H23N3O3S. The van der Waals surface area contributed by atoms with Gasteiger partial charge in [-0.05, 0) is 37.2 Å². The molecule has 24 heavy (non-hydrogen) atoms. The molecular weight excluding hydrogens is 326 g/mol. The lowest BCUT2D eigenvalue weighted by Crippen LogP contribution is -2.36. The first-order chi connectivity index (χ1) is 11.5. The van der Waals surface area contributed by atoms with Crippen LogP contribution in [0.2, 0.25) is 0 Å². The van der Waals surface area contributed by atoms with E-state index >= 15 is 0 Å². The standard InChI is InChI=1S/C17H23N3O3S/c1-3-19(15-8-11-24(21,22)13-15)12-17-18-9-10-20(17)14-4-6-16(23-2)7-5-14/h4-7,9-10,15H,3,8,11-13H2,1-2H3/t15-/m1/s1. The van der Waals surface area contributed by atoms with Crippen molar-refractivity contribution in [1.82, 2.24) is 14.5 Å². The minimum Gasteiger partial charge on any atom is -0.497 e. The largest absolute Gasteiger partial charge is 0.497 e. The normalized spacial score (nSPS) is 19.7. The SMILES string of the molecule is CCN(Cc1nccn1-c1ccc(OC)cc1)[C@@H]1CCS(=O)(=O)C1. The number of benzene rings is 1. The third-order valence-electron chi connectivity index (χ3n) is 4.54. The molecule has 1 fully saturated rings. The van der Waals surface area contributed by atoms with Crippen LogP contribution in [0.4, 0.5) is 0 Å². The number of aromatic nitrogens is 2. The van der Waals surface area contributed by atoms with Gasteiger partial charge in [0.05, 0.1) is 25.2 Å². The Balaban J connectivity index is 1.79. The molecule has 1 aliphatic rings. The van der Waals surface area contributed by atoms with Crippen molar-refractivity contribution in [2.75, 3.05) is 25.2 Å². The molecule has 1 aromatic carbocycles. The van der Waals surface area contributed by atoms with Crippen molar-refractivity contribution in [3.05, 3.63) is 42.5 Å². The summed E-state index contributed by atoms with van der Waals surface area (Å²) in [6.45, 7) is 3.50. The number of hydrogen-bond acceptors (Lipinski definition) is 5. The molecule has 0 unspecified atom stereocenters. The molecule has 6 nitrogen and oxygen atoms in total. The smallest absolute Gasteiger partial charge is 0.151 e. The first kappa shape index (κ1) is 17.0. The molecule has 0 bridgehead atoms. The fourth-order valence-corrected chi connectivity index (χ4v) is 4.93. The first-order valence-electron chi connectivity index (χ1n) is 8.13. The zero-order valence-electron chi connectivity index (χ0n) is 14.1. The van der Waals surface area contributed by atoms with Crippen molar-refractivity contribution in [1.29, 1.82) is 0 Å². The zero-order chi connectivity index (χ0) is 17.2. The van der Waals surface area contributed by atoms with Crippen molar-refractivity contribution in [3.8, 4) is 11.4 Å². The van der Waals surface area contributed by atoms with Gasteiger partial charge < -0.3 is 9.30 Å². The molecule has 1 aliphatic heterocycles. The van der Waals surface area contributed by atoms with Crippen molar-refractivity contribution in [2.24, 2.45) is 0 Å². The van der Waals surface area contributed by atoms with Gasteiger partial charge in [-0.1, -0.05) is 6.92 Å². The van der Waals surface area contributed by atoms with Crippen molar-refractivity contribution in [2.45, 2.75) is 25.9 Å². The van der Waals surface area contributed by atoms with E-state index in [0.29, 0.717) is 18.7 Å². The summed E-state index contributed by atoms with van der Waals surface area (Å²) in [7, 11) is -1.24. The summed E-state index contributed by atoms with van der Waals surface area (Å²) in [4.78, 5) is 6.67. The molecule has 1 saturated heterocycles. The van der Waals surface area contributed by atoms with E-state index in [2.05, 4.69) is 16.8 Å². The highest BCUT2D eigenvalue weighted by Gasteiger charge is 2.32. The topological polar surface area (TPSA) is 64.4 Å². The molecule has 2 aromatic rings. The fourth-order valence-electron chi connectivity index (χ4n) is 3.17. The summed E-state index contributed by atoms with van der Waals surface area (Å²) in [5.41, 5.74) is 1.01. The van der Waals surface area contributed by atoms with E-state index in [1.807, 2.05) is 35.0 Å². The number of imidazole rings is 1. The number of hydrogen-bond donors (Lipinski definition) is 0. The Bertz CT molecular complexity index is 784. The Morgan fingerprint density at radius 2 is 2.08 bits per heavy atom. The van der Waals surface area contributed by atoms with Crippen LogP contribution in [0.3, 0.4) is 0 Å². The minimum absolute atomic E-state index is 0.0843. The molecule has 0 radical (unpaired) electrons. The Morgan fingerprint density at radius 3 is 2.67 bits per heavy atom. The average Bonchev–Trinajstić information content (AvgIpc) is 3.18. The third-order valence-corrected chi connectivity index (χ3v) is 6.29. The van der Waals surface area contributed by atoms with Gasteiger partial charge in [-0.2, -0.15) is 0 Å². The van der Waals surface area contributed by atoms with Crippen LogP contribution in [0.1, 0.15) is 19.2 Å². The summed E-state index contributed by atoms with van der Waals surface area (Å²) in [5, 5.41) is 0. The second-order valence-electron chi connectivity index (χ2n) is 6.03. The molecule has 0 N–H and O–H groups in total. The number of rotatable bonds is 6. The second-order valence-corrected chi connectivity index (χ2v) is 8.26. The van der Waals surface area contributed by atoms with Gasteiger partial charge in [0.1, 0.15) is 11.6 Å². The maximum Gasteiger partial charge on any atom is 0.151 e. The molecule has 1 aromatic heterocycles. The molecule has 0 saturated carbocycles. The zero-order valence-corrected chi connectivity index (χ0v) is 14.9. The lowest BCUT2D eigenvalue weighted by molar-refractivity contribution is 0.208. The van der Waals surface area contributed by atoms with Crippen LogP contribution in [0.25, 0.3) is 5.69 Å². The predicted molar refractivity (Wildman–Crippen MR) is 93.3 cm³/mol. The summed E-state index contributed by atoms with van der Waals surface area (Å²) >= 11 is 0. The predicted octanol–water partition coefficient (Wildman–Crippen LogP) is 1.89. The molecule has 1 atom stereocenters. The minimum atomic E-state index is -2.88. The summed E-state index contributed by atoms with van der Waals surface area (Å²) in [6, 6.07) is 7.89. The van der Waals surface area contributed by atoms with Crippen LogP contribution >= 0.6 is 0 Å². The molecule has 130 valence electrons. The lowest BCUT2D eigenvalue weighted by atomic mass is 10.2. The molecule has 0 spiro atoms. The van der Waals surface area contributed by atoms with E-state index in [-0.39, 0.29) is 11.8 Å². The summed E-state index contributed by atoms with van der Waals surface area (Å²) in [5.74, 6) is 2.27. The number of sulfone groups is 1. The molecule has 0 aliphatic carbocycles. The van der Waals surface area contributed by atoms with E-state index in [9.17, 15) is 8.42 Å². The average molecular weight is 349 g/mol. The maximum atomic E-state index is 11.8. The van der Waals surface area contributed by atoms with Gasteiger partial charge in [-0.15, -0.1) is 0 Å². The van der Waals surface area contributed by atoms with Crippen molar-refractivity contribution >= 4 is 9.84 Å². The fraction of sp³-hybridized carbons (Fsp3) is 0.471. The second kappa shape index (κ2) is 6.94. The summed E-state index contributed by atoms with van der Waals surface area (Å²) in [6.07, 6.45) is 4.41. The number of methoxy groups -OCH3 is 1. The van der Waals surface area contributed by atoms with Crippen LogP contribution in [-0.4, -0.2) is 54.1 Å². The number of ether oxygens (including phenoxy) is 1. The molecule has 2 heterocycles. The Kier molecular flexibility index (Phi) is 4.91. The van der Waals surface area contributed by atoms with Crippen molar-refractivity contribution < 1.29 is 13.2 Å². The van der Waals surface area contributed by atoms with Gasteiger partial charge >= 0.3 is 0 Å². The van der Waals surface area contributed by atoms with Crippen LogP contribution in [-0.2, 0) is 16.4 Å². The van der Waals surface area contributed by atoms with Crippen LogP contribution in [0.15, 0.2) is 36.7 Å². The van der Waals surface area contributed by atoms with Gasteiger partial charge in [0, 0.05) is 24.1 Å². The monoisotopic (exact) mass is 349 g/mol. The molecule has 0 amide bonds. The molecule has 7 heteroatoms. The van der Waals surface area contributed by atoms with Gasteiger partial charge in [0.2, 0.25) is 0 Å². The van der Waals surface area contributed by atoms with E-state index in [1.165, 1.54) is 0 Å². The van der Waals surface area contributed by atoms with Crippen LogP contribution in [0.5, 0.6) is 5.75 Å². The first-order valence-corrected chi connectivity index (χ1v) is 9.95. The maximum absolute atomic E-state index is 11.8. The molecule has 3 rings (SSSR count). The summed E-state index contributed by atoms with van der Waals surface area (Å²) < 4.78 is 30.7. The Morgan fingerprint density at radius 1 is 1.33 bits per heavy atom. The quantitative estimate of drug-likeness (QED) is 0.797. The van der Waals surface area contributed by atoms with E-state index in [0.717, 1.165) is 23.8 Å². The highest BCUT2D eigenvalue weighted by Crippen LogP contribution is 2.21. The lowest BCUT2D eigenvalue weighted by Gasteiger charge is -2.26. The highest BCUT2D eigenvalue weighted by molar-refractivity contribution is 7.91. The van der Waals surface area contributed by atoms with Gasteiger partial charge in [-0.25, -0.2) is 13.4 Å². The Labute approximate surface area is 143 Å². The highest BCUT2D eigenvalue weighted by atomic mass is 32.2. The number of nitrogens with zero attached hydrogens (tertiary/aromatic N) is 3. The van der Waals surface area contributed by atoms with Gasteiger partial charge in [0.15, 0.2) is 9.84 Å². The van der Waals surface area contributed by atoms with Crippen LogP contribution in [0, 0.1) is 0 Å². The van der Waals surface area contributed by atoms with E-state index < -0.39 is 9.84 Å². The van der Waals surface area contributed by atoms with Gasteiger partial charge in [-0.3, -0.25) is 4.90 Å². The van der Waals surface area contributed by atoms with Gasteiger partial charge in [0.25, 0.3) is 0 Å². The van der Waals surface area contributed by atoms with E-state index in [4.69, 9.17) is 4.74 Å². The van der Waals surface area contributed by atoms with Crippen LogP contribution < -0.4 is 4.74 Å². The Hall–Kier alpha value is -1.86. The van der Waals surface area contributed by atoms with E-state index in [1.54, 1.807) is 13.3 Å².